The number of methoxy groups -OCH3 is 1. The van der Waals surface area contributed by atoms with Gasteiger partial charge >= 0.3 is 0 Å². The van der Waals surface area contributed by atoms with Crippen LogP contribution in [-0.2, 0) is 22.6 Å². The van der Waals surface area contributed by atoms with Crippen LogP contribution in [0.4, 0.5) is 10.1 Å². The summed E-state index contributed by atoms with van der Waals surface area (Å²) in [6.07, 6.45) is 0.591. The zero-order valence-corrected chi connectivity index (χ0v) is 19.1. The minimum atomic E-state index is -1.11. The molecule has 3 rings (SSSR count). The molecule has 178 valence electrons. The fourth-order valence-electron chi connectivity index (χ4n) is 3.35. The summed E-state index contributed by atoms with van der Waals surface area (Å²) < 4.78 is 25.2. The molecular formula is C25H28FN5O3. The number of halogens is 1. The number of nitrogens with two attached hydrogens (primary N) is 1. The van der Waals surface area contributed by atoms with Crippen molar-refractivity contribution in [1.29, 1.82) is 5.41 Å². The van der Waals surface area contributed by atoms with Gasteiger partial charge in [0.05, 0.1) is 19.3 Å². The number of benzene rings is 2. The van der Waals surface area contributed by atoms with Gasteiger partial charge in [-0.25, -0.2) is 4.39 Å². The lowest BCUT2D eigenvalue weighted by atomic mass is 10.1. The van der Waals surface area contributed by atoms with Crippen LogP contribution >= 0.6 is 0 Å². The molecule has 0 saturated carbocycles. The third-order valence-corrected chi connectivity index (χ3v) is 5.12. The van der Waals surface area contributed by atoms with Crippen LogP contribution in [0.15, 0.2) is 60.8 Å². The molecule has 1 unspecified atom stereocenters. The molecule has 9 heteroatoms. The Bertz CT molecular complexity index is 1140. The van der Waals surface area contributed by atoms with Crippen LogP contribution in [0.1, 0.15) is 35.4 Å². The zero-order valence-electron chi connectivity index (χ0n) is 19.1. The van der Waals surface area contributed by atoms with Gasteiger partial charge in [-0.3, -0.25) is 15.2 Å². The smallest absolute Gasteiger partial charge is 0.254 e. The van der Waals surface area contributed by atoms with E-state index in [0.29, 0.717) is 23.5 Å². The van der Waals surface area contributed by atoms with Crippen molar-refractivity contribution >= 4 is 17.4 Å². The molecule has 1 heterocycles. The third kappa shape index (κ3) is 6.29. The number of anilines is 1. The van der Waals surface area contributed by atoms with E-state index in [9.17, 15) is 9.18 Å². The summed E-state index contributed by atoms with van der Waals surface area (Å²) >= 11 is 0. The number of carbonyl (C=O) groups excluding carboxylic acids is 1. The molecule has 0 aliphatic rings. The van der Waals surface area contributed by atoms with Crippen molar-refractivity contribution in [2.45, 2.75) is 26.1 Å². The van der Waals surface area contributed by atoms with Crippen LogP contribution in [0.3, 0.4) is 0 Å². The molecule has 1 aromatic heterocycles. The number of hydrogen-bond acceptors (Lipinski definition) is 6. The number of amidine groups is 1. The summed E-state index contributed by atoms with van der Waals surface area (Å²) in [6, 6.07) is 15.1. The van der Waals surface area contributed by atoms with Crippen molar-refractivity contribution < 1.29 is 18.7 Å². The van der Waals surface area contributed by atoms with Gasteiger partial charge in [-0.05, 0) is 42.8 Å². The quantitative estimate of drug-likeness (QED) is 0.254. The molecule has 1 atom stereocenters. The van der Waals surface area contributed by atoms with Gasteiger partial charge in [-0.1, -0.05) is 18.2 Å². The van der Waals surface area contributed by atoms with Crippen LogP contribution in [-0.4, -0.2) is 30.4 Å². The Hall–Kier alpha value is -3.98. The van der Waals surface area contributed by atoms with Gasteiger partial charge in [0.2, 0.25) is 0 Å². The first-order chi connectivity index (χ1) is 16.4. The lowest BCUT2D eigenvalue weighted by molar-refractivity contribution is -0.133. The Morgan fingerprint density at radius 2 is 2.00 bits per heavy atom. The van der Waals surface area contributed by atoms with Gasteiger partial charge in [0, 0.05) is 42.2 Å². The summed E-state index contributed by atoms with van der Waals surface area (Å²) in [5, 5.41) is 13.8. The van der Waals surface area contributed by atoms with Crippen molar-refractivity contribution in [2.75, 3.05) is 19.0 Å². The number of hydrogen-bond donors (Lipinski definition) is 4. The molecule has 2 aromatic carbocycles. The standard InChI is InChI=1S/C25H28FN5O3/c1-3-34-23(20-10-9-19(33-2)13-21(20)26)25(32)31-14-17-8-7-16(24(27)28)12-22(17)30-15-18-6-4-5-11-29-18/h4-13,23,30H,3,14-15H2,1-2H3,(H3,27,28)(H,31,32). The number of ether oxygens (including phenoxy) is 2. The van der Waals surface area contributed by atoms with Crippen LogP contribution in [0.2, 0.25) is 0 Å². The second-order valence-electron chi connectivity index (χ2n) is 7.40. The molecule has 1 amide bonds. The Morgan fingerprint density at radius 1 is 1.18 bits per heavy atom. The molecule has 8 nitrogen and oxygen atoms in total. The minimum absolute atomic E-state index is 0.0668. The first kappa shape index (κ1) is 24.7. The molecule has 0 bridgehead atoms. The van der Waals surface area contributed by atoms with Gasteiger partial charge in [0.15, 0.2) is 6.10 Å². The van der Waals surface area contributed by atoms with E-state index in [1.165, 1.54) is 19.2 Å². The second kappa shape index (κ2) is 11.8. The largest absolute Gasteiger partial charge is 0.497 e. The minimum Gasteiger partial charge on any atom is -0.497 e. The highest BCUT2D eigenvalue weighted by Crippen LogP contribution is 2.25. The van der Waals surface area contributed by atoms with Crippen molar-refractivity contribution in [1.82, 2.24) is 10.3 Å². The summed E-state index contributed by atoms with van der Waals surface area (Å²) in [5.41, 5.74) is 8.61. The van der Waals surface area contributed by atoms with E-state index in [4.69, 9.17) is 20.6 Å². The maximum Gasteiger partial charge on any atom is 0.254 e. The van der Waals surface area contributed by atoms with E-state index in [1.807, 2.05) is 18.2 Å². The zero-order chi connectivity index (χ0) is 24.5. The van der Waals surface area contributed by atoms with E-state index in [0.717, 1.165) is 11.3 Å². The van der Waals surface area contributed by atoms with Gasteiger partial charge in [0.1, 0.15) is 17.4 Å². The Labute approximate surface area is 197 Å². The Morgan fingerprint density at radius 3 is 2.65 bits per heavy atom. The molecular weight excluding hydrogens is 437 g/mol. The average Bonchev–Trinajstić information content (AvgIpc) is 2.85. The first-order valence-electron chi connectivity index (χ1n) is 10.8. The monoisotopic (exact) mass is 465 g/mol. The number of rotatable bonds is 11. The lowest BCUT2D eigenvalue weighted by Gasteiger charge is -2.19. The summed E-state index contributed by atoms with van der Waals surface area (Å²) in [5.74, 6) is -0.775. The molecule has 0 spiro atoms. The normalized spacial score (nSPS) is 11.5. The second-order valence-corrected chi connectivity index (χ2v) is 7.40. The molecule has 0 saturated heterocycles. The highest BCUT2D eigenvalue weighted by molar-refractivity contribution is 5.96. The van der Waals surface area contributed by atoms with E-state index in [1.54, 1.807) is 37.4 Å². The van der Waals surface area contributed by atoms with Crippen LogP contribution in [0.5, 0.6) is 5.75 Å². The summed E-state index contributed by atoms with van der Waals surface area (Å²) in [4.78, 5) is 17.3. The van der Waals surface area contributed by atoms with Crippen molar-refractivity contribution in [3.05, 3.63) is 89.0 Å². The van der Waals surface area contributed by atoms with Gasteiger partial charge in [-0.2, -0.15) is 0 Å². The molecule has 0 radical (unpaired) electrons. The van der Waals surface area contributed by atoms with Crippen molar-refractivity contribution in [3.63, 3.8) is 0 Å². The average molecular weight is 466 g/mol. The third-order valence-electron chi connectivity index (χ3n) is 5.12. The molecule has 5 N–H and O–H groups in total. The Balaban J connectivity index is 1.77. The summed E-state index contributed by atoms with van der Waals surface area (Å²) in [7, 11) is 1.44. The predicted octanol–water partition coefficient (Wildman–Crippen LogP) is 3.52. The molecule has 3 aromatic rings. The van der Waals surface area contributed by atoms with E-state index in [-0.39, 0.29) is 24.6 Å². The predicted molar refractivity (Wildman–Crippen MR) is 128 cm³/mol. The fraction of sp³-hybridized carbons (Fsp3) is 0.240. The van der Waals surface area contributed by atoms with Gasteiger partial charge in [0.25, 0.3) is 5.91 Å². The number of nitrogen functional groups attached to an aromatic ring is 1. The van der Waals surface area contributed by atoms with Crippen LogP contribution < -0.4 is 21.1 Å². The van der Waals surface area contributed by atoms with E-state index >= 15 is 0 Å². The van der Waals surface area contributed by atoms with Crippen molar-refractivity contribution in [2.24, 2.45) is 5.73 Å². The van der Waals surface area contributed by atoms with Crippen molar-refractivity contribution in [3.8, 4) is 5.75 Å². The first-order valence-corrected chi connectivity index (χ1v) is 10.8. The summed E-state index contributed by atoms with van der Waals surface area (Å²) in [6.45, 7) is 2.57. The van der Waals surface area contributed by atoms with E-state index in [2.05, 4.69) is 15.6 Å². The van der Waals surface area contributed by atoms with Crippen LogP contribution in [0, 0.1) is 11.2 Å². The Kier molecular flexibility index (Phi) is 8.53. The maximum absolute atomic E-state index is 14.6. The van der Waals surface area contributed by atoms with E-state index < -0.39 is 17.8 Å². The number of pyridine rings is 1. The molecule has 34 heavy (non-hydrogen) atoms. The maximum atomic E-state index is 14.6. The number of carbonyl (C=O) groups is 1. The van der Waals surface area contributed by atoms with Gasteiger partial charge in [-0.15, -0.1) is 0 Å². The number of amides is 1. The molecule has 0 fully saturated rings. The van der Waals surface area contributed by atoms with Crippen LogP contribution in [0.25, 0.3) is 0 Å². The highest BCUT2D eigenvalue weighted by atomic mass is 19.1. The SMILES string of the molecule is CCOC(C(=O)NCc1ccc(C(=N)N)cc1NCc1ccccn1)c1ccc(OC)cc1F. The van der Waals surface area contributed by atoms with Gasteiger partial charge < -0.3 is 25.8 Å². The highest BCUT2D eigenvalue weighted by Gasteiger charge is 2.24. The molecule has 0 aliphatic carbocycles. The number of nitrogens with zero attached hydrogens (tertiary/aromatic N) is 1. The fourth-order valence-corrected chi connectivity index (χ4v) is 3.35. The number of aromatic nitrogens is 1. The lowest BCUT2D eigenvalue weighted by Crippen LogP contribution is -2.31. The topological polar surface area (TPSA) is 122 Å². The molecule has 0 aliphatic heterocycles. The number of nitrogens with one attached hydrogen (secondary N) is 3.